The Kier molecular flexibility index (Phi) is 5.45. The molecule has 0 aromatic rings. The monoisotopic (exact) mass is 241 g/mol. The van der Waals surface area contributed by atoms with Gasteiger partial charge in [0.2, 0.25) is 5.91 Å². The molecular weight excluding hydrogens is 218 g/mol. The summed E-state index contributed by atoms with van der Waals surface area (Å²) in [5.74, 6) is -1.44. The average molecular weight is 241 g/mol. The van der Waals surface area contributed by atoms with Gasteiger partial charge in [-0.05, 0) is 19.3 Å². The van der Waals surface area contributed by atoms with Crippen LogP contribution in [0.3, 0.4) is 0 Å². The van der Waals surface area contributed by atoms with E-state index in [0.29, 0.717) is 6.42 Å². The molecule has 1 saturated carbocycles. The molecular formula is C13H23NO3. The van der Waals surface area contributed by atoms with E-state index in [4.69, 9.17) is 5.11 Å². The van der Waals surface area contributed by atoms with Crippen LogP contribution in [0.4, 0.5) is 0 Å². The molecule has 1 aliphatic rings. The van der Waals surface area contributed by atoms with Crippen LogP contribution in [0.2, 0.25) is 0 Å². The minimum absolute atomic E-state index is 0.0549. The van der Waals surface area contributed by atoms with E-state index >= 15 is 0 Å². The predicted molar refractivity (Wildman–Crippen MR) is 65.6 cm³/mol. The third kappa shape index (κ3) is 4.02. The van der Waals surface area contributed by atoms with Gasteiger partial charge in [-0.3, -0.25) is 9.59 Å². The molecule has 0 saturated heterocycles. The molecule has 1 rings (SSSR count). The number of nitrogens with zero attached hydrogens (tertiary/aromatic N) is 1. The Morgan fingerprint density at radius 3 is 2.00 bits per heavy atom. The maximum atomic E-state index is 12.1. The van der Waals surface area contributed by atoms with Gasteiger partial charge in [-0.15, -0.1) is 0 Å². The van der Waals surface area contributed by atoms with Crippen molar-refractivity contribution in [2.45, 2.75) is 46.0 Å². The second kappa shape index (κ2) is 6.62. The summed E-state index contributed by atoms with van der Waals surface area (Å²) in [6.45, 7) is 5.75. The Morgan fingerprint density at radius 1 is 1.12 bits per heavy atom. The fraction of sp³-hybridized carbons (Fsp3) is 0.846. The number of hydrogen-bond acceptors (Lipinski definition) is 2. The normalized spacial score (nSPS) is 22.2. The van der Waals surface area contributed by atoms with Gasteiger partial charge < -0.3 is 10.0 Å². The Balaban J connectivity index is 2.45. The molecule has 0 aliphatic heterocycles. The lowest BCUT2D eigenvalue weighted by molar-refractivity contribution is -0.142. The Labute approximate surface area is 103 Å². The highest BCUT2D eigenvalue weighted by Crippen LogP contribution is 2.40. The number of amides is 1. The largest absolute Gasteiger partial charge is 0.481 e. The molecule has 2 atom stereocenters. The van der Waals surface area contributed by atoms with Crippen LogP contribution in [-0.4, -0.2) is 35.0 Å². The Morgan fingerprint density at radius 2 is 1.65 bits per heavy atom. The molecule has 1 aliphatic carbocycles. The van der Waals surface area contributed by atoms with Gasteiger partial charge in [-0.2, -0.15) is 0 Å². The number of hydrogen-bond donors (Lipinski definition) is 1. The van der Waals surface area contributed by atoms with Crippen molar-refractivity contribution in [2.75, 3.05) is 13.1 Å². The standard InChI is InChI=1S/C13H23NO3/c1-3-5-7-14(8-6-4-2)12(15)10-9-11(10)13(16)17/h10-11H,3-9H2,1-2H3,(H,16,17). The first-order valence-corrected chi connectivity index (χ1v) is 6.63. The summed E-state index contributed by atoms with van der Waals surface area (Å²) in [6.07, 6.45) is 4.65. The van der Waals surface area contributed by atoms with Gasteiger partial charge in [-0.25, -0.2) is 0 Å². The van der Waals surface area contributed by atoms with Gasteiger partial charge in [-0.1, -0.05) is 26.7 Å². The highest BCUT2D eigenvalue weighted by atomic mass is 16.4. The van der Waals surface area contributed by atoms with Crippen LogP contribution in [0.1, 0.15) is 46.0 Å². The number of carbonyl (C=O) groups excluding carboxylic acids is 1. The lowest BCUT2D eigenvalue weighted by Crippen LogP contribution is -2.34. The van der Waals surface area contributed by atoms with Crippen molar-refractivity contribution in [1.82, 2.24) is 4.90 Å². The summed E-state index contributed by atoms with van der Waals surface area (Å²) in [6, 6.07) is 0. The summed E-state index contributed by atoms with van der Waals surface area (Å²) >= 11 is 0. The van der Waals surface area contributed by atoms with Crippen molar-refractivity contribution >= 4 is 11.9 Å². The fourth-order valence-corrected chi connectivity index (χ4v) is 2.01. The number of rotatable bonds is 8. The van der Waals surface area contributed by atoms with E-state index < -0.39 is 11.9 Å². The van der Waals surface area contributed by atoms with E-state index in [2.05, 4.69) is 13.8 Å². The minimum atomic E-state index is -0.825. The zero-order valence-electron chi connectivity index (χ0n) is 10.8. The lowest BCUT2D eigenvalue weighted by Gasteiger charge is -2.22. The van der Waals surface area contributed by atoms with Gasteiger partial charge in [0.25, 0.3) is 0 Å². The van der Waals surface area contributed by atoms with Crippen LogP contribution in [0.15, 0.2) is 0 Å². The van der Waals surface area contributed by atoms with Gasteiger partial charge in [0.15, 0.2) is 0 Å². The van der Waals surface area contributed by atoms with E-state index in [1.807, 2.05) is 4.90 Å². The molecule has 0 aromatic heterocycles. The van der Waals surface area contributed by atoms with Crippen LogP contribution < -0.4 is 0 Å². The van der Waals surface area contributed by atoms with E-state index in [-0.39, 0.29) is 11.8 Å². The molecule has 1 fully saturated rings. The maximum Gasteiger partial charge on any atom is 0.307 e. The van der Waals surface area contributed by atoms with Crippen LogP contribution in [0.5, 0.6) is 0 Å². The number of aliphatic carboxylic acids is 1. The molecule has 0 bridgehead atoms. The lowest BCUT2D eigenvalue weighted by atomic mass is 10.2. The second-order valence-corrected chi connectivity index (χ2v) is 4.82. The molecule has 2 unspecified atom stereocenters. The molecule has 4 heteroatoms. The summed E-state index contributed by atoms with van der Waals surface area (Å²) in [5.41, 5.74) is 0. The van der Waals surface area contributed by atoms with Gasteiger partial charge in [0.05, 0.1) is 11.8 Å². The van der Waals surface area contributed by atoms with Crippen molar-refractivity contribution in [2.24, 2.45) is 11.8 Å². The molecule has 0 spiro atoms. The van der Waals surface area contributed by atoms with Gasteiger partial charge in [0.1, 0.15) is 0 Å². The van der Waals surface area contributed by atoms with Crippen molar-refractivity contribution in [1.29, 1.82) is 0 Å². The number of carboxylic acids is 1. The summed E-state index contributed by atoms with van der Waals surface area (Å²) < 4.78 is 0. The molecule has 1 N–H and O–H groups in total. The molecule has 0 radical (unpaired) electrons. The zero-order valence-corrected chi connectivity index (χ0v) is 10.8. The van der Waals surface area contributed by atoms with E-state index in [0.717, 1.165) is 38.8 Å². The van der Waals surface area contributed by atoms with E-state index in [9.17, 15) is 9.59 Å². The average Bonchev–Trinajstić information content (AvgIpc) is 3.08. The SMILES string of the molecule is CCCCN(CCCC)C(=O)C1CC1C(=O)O. The first-order chi connectivity index (χ1) is 8.11. The van der Waals surface area contributed by atoms with Crippen LogP contribution in [-0.2, 0) is 9.59 Å². The molecule has 98 valence electrons. The smallest absolute Gasteiger partial charge is 0.307 e. The Hall–Kier alpha value is -1.06. The van der Waals surface area contributed by atoms with Crippen molar-refractivity contribution < 1.29 is 14.7 Å². The highest BCUT2D eigenvalue weighted by molar-refractivity contribution is 5.89. The van der Waals surface area contributed by atoms with Gasteiger partial charge >= 0.3 is 5.97 Å². The third-order valence-electron chi connectivity index (χ3n) is 3.30. The molecule has 17 heavy (non-hydrogen) atoms. The first-order valence-electron chi connectivity index (χ1n) is 6.63. The zero-order chi connectivity index (χ0) is 12.8. The predicted octanol–water partition coefficient (Wildman–Crippen LogP) is 2.14. The quantitative estimate of drug-likeness (QED) is 0.708. The summed E-state index contributed by atoms with van der Waals surface area (Å²) in [4.78, 5) is 24.7. The van der Waals surface area contributed by atoms with Crippen LogP contribution in [0, 0.1) is 11.8 Å². The summed E-state index contributed by atoms with van der Waals surface area (Å²) in [7, 11) is 0. The highest BCUT2D eigenvalue weighted by Gasteiger charge is 2.49. The Bertz CT molecular complexity index is 270. The summed E-state index contributed by atoms with van der Waals surface area (Å²) in [5, 5.41) is 8.84. The molecule has 0 aromatic carbocycles. The minimum Gasteiger partial charge on any atom is -0.481 e. The van der Waals surface area contributed by atoms with Crippen LogP contribution in [0.25, 0.3) is 0 Å². The maximum absolute atomic E-state index is 12.1. The van der Waals surface area contributed by atoms with Crippen molar-refractivity contribution in [3.8, 4) is 0 Å². The number of carbonyl (C=O) groups is 2. The number of unbranched alkanes of at least 4 members (excludes halogenated alkanes) is 2. The van der Waals surface area contributed by atoms with E-state index in [1.54, 1.807) is 0 Å². The van der Waals surface area contributed by atoms with Crippen molar-refractivity contribution in [3.63, 3.8) is 0 Å². The topological polar surface area (TPSA) is 57.6 Å². The second-order valence-electron chi connectivity index (χ2n) is 4.82. The van der Waals surface area contributed by atoms with Gasteiger partial charge in [0, 0.05) is 13.1 Å². The molecule has 0 heterocycles. The van der Waals surface area contributed by atoms with Crippen molar-refractivity contribution in [3.05, 3.63) is 0 Å². The fourth-order valence-electron chi connectivity index (χ4n) is 2.01. The molecule has 4 nitrogen and oxygen atoms in total. The first kappa shape index (κ1) is 14.0. The van der Waals surface area contributed by atoms with E-state index in [1.165, 1.54) is 0 Å². The third-order valence-corrected chi connectivity index (χ3v) is 3.30. The van der Waals surface area contributed by atoms with Crippen LogP contribution >= 0.6 is 0 Å². The molecule has 1 amide bonds. The number of carboxylic acid groups (broad SMARTS) is 1.